The molecule has 2 aromatic rings. The van der Waals surface area contributed by atoms with Crippen LogP contribution in [0, 0.1) is 5.92 Å². The summed E-state index contributed by atoms with van der Waals surface area (Å²) in [4.78, 5) is 18.5. The average molecular weight is 375 g/mol. The quantitative estimate of drug-likeness (QED) is 0.650. The molecule has 1 aromatic heterocycles. The van der Waals surface area contributed by atoms with Crippen LogP contribution in [-0.2, 0) is 22.7 Å². The molecule has 1 saturated heterocycles. The van der Waals surface area contributed by atoms with Crippen molar-refractivity contribution in [2.24, 2.45) is 5.92 Å². The summed E-state index contributed by atoms with van der Waals surface area (Å²) < 4.78 is 21.2. The van der Waals surface area contributed by atoms with Crippen molar-refractivity contribution < 1.29 is 23.5 Å². The summed E-state index contributed by atoms with van der Waals surface area (Å²) in [6.45, 7) is 4.53. The van der Waals surface area contributed by atoms with E-state index in [9.17, 15) is 4.79 Å². The van der Waals surface area contributed by atoms with Gasteiger partial charge in [-0.3, -0.25) is 9.69 Å². The minimum Gasteiger partial charge on any atom is -0.497 e. The van der Waals surface area contributed by atoms with Gasteiger partial charge >= 0.3 is 5.97 Å². The third-order valence-corrected chi connectivity index (χ3v) is 4.42. The monoisotopic (exact) mass is 375 g/mol. The third-order valence-electron chi connectivity index (χ3n) is 4.42. The SMILES string of the molecule is CCOC(=O)[C@H]1CCCN(Cc2nc(COc3ccc(OC)cc3)no2)C1. The van der Waals surface area contributed by atoms with Crippen LogP contribution in [0.2, 0.25) is 0 Å². The average Bonchev–Trinajstić information content (AvgIpc) is 3.14. The molecule has 146 valence electrons. The molecule has 1 aliphatic heterocycles. The smallest absolute Gasteiger partial charge is 0.310 e. The number of aromatic nitrogens is 2. The van der Waals surface area contributed by atoms with E-state index in [1.54, 1.807) is 7.11 Å². The van der Waals surface area contributed by atoms with Gasteiger partial charge in [0.05, 0.1) is 26.2 Å². The number of carbonyl (C=O) groups is 1. The predicted molar refractivity (Wildman–Crippen MR) is 96.3 cm³/mol. The lowest BCUT2D eigenvalue weighted by Gasteiger charge is -2.30. The van der Waals surface area contributed by atoms with E-state index in [1.165, 1.54) is 0 Å². The maximum atomic E-state index is 11.9. The number of rotatable bonds is 8. The van der Waals surface area contributed by atoms with Crippen molar-refractivity contribution >= 4 is 5.97 Å². The Morgan fingerprint density at radius 2 is 2.07 bits per heavy atom. The second-order valence-electron chi connectivity index (χ2n) is 6.39. The number of esters is 1. The first-order valence-corrected chi connectivity index (χ1v) is 9.15. The summed E-state index contributed by atoms with van der Waals surface area (Å²) in [5.74, 6) is 2.27. The second kappa shape index (κ2) is 9.36. The first kappa shape index (κ1) is 19.2. The largest absolute Gasteiger partial charge is 0.497 e. The molecule has 1 atom stereocenters. The molecule has 3 rings (SSSR count). The maximum absolute atomic E-state index is 11.9. The Hall–Kier alpha value is -2.61. The first-order chi connectivity index (χ1) is 13.2. The molecule has 1 fully saturated rings. The lowest BCUT2D eigenvalue weighted by Crippen LogP contribution is -2.39. The summed E-state index contributed by atoms with van der Waals surface area (Å²) in [7, 11) is 1.62. The number of piperidine rings is 1. The van der Waals surface area contributed by atoms with E-state index in [0.717, 1.165) is 25.1 Å². The van der Waals surface area contributed by atoms with Gasteiger partial charge < -0.3 is 18.7 Å². The maximum Gasteiger partial charge on any atom is 0.310 e. The van der Waals surface area contributed by atoms with Gasteiger partial charge in [0.2, 0.25) is 11.7 Å². The van der Waals surface area contributed by atoms with Crippen molar-refractivity contribution in [2.45, 2.75) is 32.9 Å². The number of benzene rings is 1. The first-order valence-electron chi connectivity index (χ1n) is 9.15. The van der Waals surface area contributed by atoms with Crippen molar-refractivity contribution in [3.8, 4) is 11.5 Å². The Morgan fingerprint density at radius 1 is 1.30 bits per heavy atom. The molecular weight excluding hydrogens is 350 g/mol. The lowest BCUT2D eigenvalue weighted by molar-refractivity contribution is -0.150. The van der Waals surface area contributed by atoms with Gasteiger partial charge in [0.15, 0.2) is 6.61 Å². The number of ether oxygens (including phenoxy) is 3. The van der Waals surface area contributed by atoms with Gasteiger partial charge in [-0.1, -0.05) is 5.16 Å². The van der Waals surface area contributed by atoms with Crippen molar-refractivity contribution in [3.63, 3.8) is 0 Å². The van der Waals surface area contributed by atoms with Gasteiger partial charge in [-0.25, -0.2) is 0 Å². The molecule has 0 unspecified atom stereocenters. The van der Waals surface area contributed by atoms with E-state index in [4.69, 9.17) is 18.7 Å². The molecule has 0 spiro atoms. The molecule has 0 N–H and O–H groups in total. The number of methoxy groups -OCH3 is 1. The Bertz CT molecular complexity index is 731. The minimum atomic E-state index is -0.124. The minimum absolute atomic E-state index is 0.0838. The fourth-order valence-electron chi connectivity index (χ4n) is 3.08. The summed E-state index contributed by atoms with van der Waals surface area (Å²) in [5.41, 5.74) is 0. The molecule has 0 radical (unpaired) electrons. The molecule has 1 aliphatic rings. The van der Waals surface area contributed by atoms with E-state index in [2.05, 4.69) is 15.0 Å². The van der Waals surface area contributed by atoms with Gasteiger partial charge in [-0.2, -0.15) is 4.98 Å². The Morgan fingerprint density at radius 3 is 2.81 bits per heavy atom. The highest BCUT2D eigenvalue weighted by Gasteiger charge is 2.27. The van der Waals surface area contributed by atoms with Crippen LogP contribution in [0.15, 0.2) is 28.8 Å². The molecule has 1 aromatic carbocycles. The Labute approximate surface area is 158 Å². The highest BCUT2D eigenvalue weighted by molar-refractivity contribution is 5.72. The van der Waals surface area contributed by atoms with E-state index in [-0.39, 0.29) is 18.5 Å². The fraction of sp³-hybridized carbons (Fsp3) is 0.526. The van der Waals surface area contributed by atoms with Gasteiger partial charge in [-0.15, -0.1) is 0 Å². The Balaban J connectivity index is 1.49. The van der Waals surface area contributed by atoms with Crippen molar-refractivity contribution in [3.05, 3.63) is 36.0 Å². The molecule has 0 bridgehead atoms. The van der Waals surface area contributed by atoms with Gasteiger partial charge in [-0.05, 0) is 50.6 Å². The number of nitrogens with zero attached hydrogens (tertiary/aromatic N) is 3. The molecule has 0 saturated carbocycles. The molecular formula is C19H25N3O5. The summed E-state index contributed by atoms with van der Waals surface area (Å²) >= 11 is 0. The highest BCUT2D eigenvalue weighted by atomic mass is 16.5. The van der Waals surface area contributed by atoms with Crippen LogP contribution in [0.5, 0.6) is 11.5 Å². The van der Waals surface area contributed by atoms with Crippen molar-refractivity contribution in [1.82, 2.24) is 15.0 Å². The van der Waals surface area contributed by atoms with Crippen molar-refractivity contribution in [2.75, 3.05) is 26.8 Å². The molecule has 8 nitrogen and oxygen atoms in total. The summed E-state index contributed by atoms with van der Waals surface area (Å²) in [6, 6.07) is 7.30. The summed E-state index contributed by atoms with van der Waals surface area (Å²) in [5, 5.41) is 3.96. The number of likely N-dealkylation sites (tertiary alicyclic amines) is 1. The zero-order valence-corrected chi connectivity index (χ0v) is 15.7. The van der Waals surface area contributed by atoms with Gasteiger partial charge in [0.25, 0.3) is 0 Å². The molecule has 2 heterocycles. The van der Waals surface area contributed by atoms with E-state index in [0.29, 0.717) is 37.2 Å². The van der Waals surface area contributed by atoms with E-state index >= 15 is 0 Å². The second-order valence-corrected chi connectivity index (χ2v) is 6.39. The fourth-order valence-corrected chi connectivity index (χ4v) is 3.08. The third kappa shape index (κ3) is 5.43. The molecule has 0 aliphatic carbocycles. The highest BCUT2D eigenvalue weighted by Crippen LogP contribution is 2.20. The summed E-state index contributed by atoms with van der Waals surface area (Å²) in [6.07, 6.45) is 1.81. The normalized spacial score (nSPS) is 17.5. The standard InChI is InChI=1S/C19H25N3O5/c1-3-25-19(23)14-5-4-10-22(11-14)12-18-20-17(21-27-18)13-26-16-8-6-15(24-2)7-9-16/h6-9,14H,3-5,10-13H2,1-2H3/t14-/m0/s1. The van der Waals surface area contributed by atoms with E-state index < -0.39 is 0 Å². The Kier molecular flexibility index (Phi) is 6.64. The molecule has 0 amide bonds. The van der Waals surface area contributed by atoms with Gasteiger partial charge in [0, 0.05) is 6.54 Å². The van der Waals surface area contributed by atoms with Crippen LogP contribution in [0.3, 0.4) is 0 Å². The van der Waals surface area contributed by atoms with E-state index in [1.807, 2.05) is 31.2 Å². The van der Waals surface area contributed by atoms with Crippen LogP contribution >= 0.6 is 0 Å². The number of hydrogen-bond acceptors (Lipinski definition) is 8. The van der Waals surface area contributed by atoms with Gasteiger partial charge in [0.1, 0.15) is 11.5 Å². The van der Waals surface area contributed by atoms with Crippen LogP contribution in [0.25, 0.3) is 0 Å². The topological polar surface area (TPSA) is 86.9 Å². The number of carbonyl (C=O) groups excluding carboxylic acids is 1. The van der Waals surface area contributed by atoms with Crippen molar-refractivity contribution in [1.29, 1.82) is 0 Å². The number of hydrogen-bond donors (Lipinski definition) is 0. The molecule has 8 heteroatoms. The lowest BCUT2D eigenvalue weighted by atomic mass is 9.98. The molecule has 27 heavy (non-hydrogen) atoms. The van der Waals surface area contributed by atoms with Crippen LogP contribution in [0.1, 0.15) is 31.5 Å². The predicted octanol–water partition coefficient (Wildman–Crippen LogP) is 2.43. The zero-order valence-electron chi connectivity index (χ0n) is 15.7. The van der Waals surface area contributed by atoms with Crippen LogP contribution in [-0.4, -0.2) is 47.8 Å². The zero-order chi connectivity index (χ0) is 19.1. The van der Waals surface area contributed by atoms with Crippen LogP contribution < -0.4 is 9.47 Å². The van der Waals surface area contributed by atoms with Crippen LogP contribution in [0.4, 0.5) is 0 Å².